The maximum absolute atomic E-state index is 13.5. The average molecular weight is 335 g/mol. The van der Waals surface area contributed by atoms with Crippen LogP contribution in [0, 0.1) is 11.6 Å². The molecule has 1 unspecified atom stereocenters. The first kappa shape index (κ1) is 18.6. The largest absolute Gasteiger partial charge is 0.487 e. The Balaban J connectivity index is 0.00000242. The summed E-state index contributed by atoms with van der Waals surface area (Å²) in [5, 5.41) is 0. The van der Waals surface area contributed by atoms with Gasteiger partial charge in [-0.1, -0.05) is 0 Å². The molecule has 1 aliphatic heterocycles. The molecule has 0 aromatic heterocycles. The summed E-state index contributed by atoms with van der Waals surface area (Å²) in [4.78, 5) is 13.6. The molecule has 0 saturated carbocycles. The van der Waals surface area contributed by atoms with E-state index >= 15 is 0 Å². The number of amides is 1. The minimum atomic E-state index is -0.703. The number of ether oxygens (including phenoxy) is 1. The summed E-state index contributed by atoms with van der Waals surface area (Å²) in [6.07, 6.45) is 1.42. The highest BCUT2D eigenvalue weighted by molar-refractivity contribution is 5.85. The van der Waals surface area contributed by atoms with E-state index in [1.807, 2.05) is 0 Å². The maximum Gasteiger partial charge on any atom is 0.224 e. The number of nitrogens with two attached hydrogens (primary N) is 1. The number of hydrogen-bond acceptors (Lipinski definition) is 3. The van der Waals surface area contributed by atoms with Crippen LogP contribution in [-0.4, -0.2) is 36.0 Å². The van der Waals surface area contributed by atoms with Gasteiger partial charge < -0.3 is 15.4 Å². The van der Waals surface area contributed by atoms with E-state index in [2.05, 4.69) is 0 Å². The van der Waals surface area contributed by atoms with Crippen LogP contribution in [0.3, 0.4) is 0 Å². The molecule has 1 saturated heterocycles. The lowest BCUT2D eigenvalue weighted by atomic mass is 10.1. The van der Waals surface area contributed by atoms with Crippen molar-refractivity contribution in [2.45, 2.75) is 38.3 Å². The third kappa shape index (κ3) is 5.10. The van der Waals surface area contributed by atoms with Gasteiger partial charge in [-0.05, 0) is 19.1 Å². The van der Waals surface area contributed by atoms with Crippen molar-refractivity contribution >= 4 is 18.3 Å². The van der Waals surface area contributed by atoms with Crippen molar-refractivity contribution < 1.29 is 18.3 Å². The second-order valence-corrected chi connectivity index (χ2v) is 5.45. The Labute approximate surface area is 135 Å². The first-order valence-corrected chi connectivity index (χ1v) is 7.10. The Bertz CT molecular complexity index is 506. The van der Waals surface area contributed by atoms with Gasteiger partial charge in [0.2, 0.25) is 5.91 Å². The number of benzene rings is 1. The molecule has 1 fully saturated rings. The summed E-state index contributed by atoms with van der Waals surface area (Å²) >= 11 is 0. The second-order valence-electron chi connectivity index (χ2n) is 5.45. The Hall–Kier alpha value is -1.40. The van der Waals surface area contributed by atoms with Crippen LogP contribution in [0.15, 0.2) is 18.2 Å². The third-order valence-corrected chi connectivity index (χ3v) is 3.48. The van der Waals surface area contributed by atoms with E-state index in [1.165, 1.54) is 12.1 Å². The van der Waals surface area contributed by atoms with Crippen LogP contribution >= 0.6 is 12.4 Å². The predicted octanol–water partition coefficient (Wildman–Crippen LogP) is 2.49. The number of piperidine rings is 1. The molecule has 2 rings (SSSR count). The molecule has 124 valence electrons. The molecule has 0 spiro atoms. The first-order chi connectivity index (χ1) is 9.95. The van der Waals surface area contributed by atoms with E-state index in [9.17, 15) is 13.6 Å². The van der Waals surface area contributed by atoms with Gasteiger partial charge in [0.15, 0.2) is 11.6 Å². The van der Waals surface area contributed by atoms with E-state index in [0.717, 1.165) is 6.07 Å². The topological polar surface area (TPSA) is 55.6 Å². The fraction of sp³-hybridized carbons (Fsp3) is 0.533. The van der Waals surface area contributed by atoms with Gasteiger partial charge >= 0.3 is 0 Å². The normalized spacial score (nSPS) is 16.8. The number of halogens is 3. The third-order valence-electron chi connectivity index (χ3n) is 3.48. The highest BCUT2D eigenvalue weighted by Gasteiger charge is 2.24. The zero-order valence-corrected chi connectivity index (χ0v) is 13.2. The van der Waals surface area contributed by atoms with E-state index in [-0.39, 0.29) is 36.2 Å². The molecule has 0 radical (unpaired) electrons. The lowest BCUT2D eigenvalue weighted by Crippen LogP contribution is -2.43. The molecule has 0 bridgehead atoms. The Morgan fingerprint density at radius 3 is 2.59 bits per heavy atom. The van der Waals surface area contributed by atoms with Crippen molar-refractivity contribution in [3.05, 3.63) is 29.8 Å². The number of likely N-dealkylation sites (tertiary alicyclic amines) is 1. The van der Waals surface area contributed by atoms with Gasteiger partial charge in [-0.15, -0.1) is 12.4 Å². The molecular formula is C15H21ClF2N2O2. The SMILES string of the molecule is CC(N)CC(=O)N1CCC(Oc2ccc(F)cc2F)CC1.Cl. The van der Waals surface area contributed by atoms with E-state index in [0.29, 0.717) is 32.4 Å². The highest BCUT2D eigenvalue weighted by atomic mass is 35.5. The molecule has 2 N–H and O–H groups in total. The lowest BCUT2D eigenvalue weighted by Gasteiger charge is -2.32. The highest BCUT2D eigenvalue weighted by Crippen LogP contribution is 2.23. The van der Waals surface area contributed by atoms with Gasteiger partial charge in [0.1, 0.15) is 11.9 Å². The second kappa shape index (κ2) is 8.29. The molecule has 1 amide bonds. The van der Waals surface area contributed by atoms with E-state index < -0.39 is 11.6 Å². The quantitative estimate of drug-likeness (QED) is 0.920. The summed E-state index contributed by atoms with van der Waals surface area (Å²) in [6.45, 7) is 2.93. The van der Waals surface area contributed by atoms with Crippen LogP contribution in [0.25, 0.3) is 0 Å². The molecule has 22 heavy (non-hydrogen) atoms. The van der Waals surface area contributed by atoms with Gasteiger partial charge in [-0.25, -0.2) is 8.78 Å². The van der Waals surface area contributed by atoms with Crippen molar-refractivity contribution in [1.82, 2.24) is 4.90 Å². The van der Waals surface area contributed by atoms with Crippen LogP contribution in [-0.2, 0) is 4.79 Å². The van der Waals surface area contributed by atoms with Gasteiger partial charge in [0.05, 0.1) is 0 Å². The Kier molecular flexibility index (Phi) is 7.03. The fourth-order valence-corrected chi connectivity index (χ4v) is 2.38. The van der Waals surface area contributed by atoms with Crippen LogP contribution in [0.2, 0.25) is 0 Å². The molecule has 1 heterocycles. The van der Waals surface area contributed by atoms with E-state index in [4.69, 9.17) is 10.5 Å². The van der Waals surface area contributed by atoms with Gasteiger partial charge in [-0.2, -0.15) is 0 Å². The molecule has 4 nitrogen and oxygen atoms in total. The van der Waals surface area contributed by atoms with Crippen molar-refractivity contribution in [2.75, 3.05) is 13.1 Å². The zero-order chi connectivity index (χ0) is 15.4. The molecule has 0 aliphatic carbocycles. The summed E-state index contributed by atoms with van der Waals surface area (Å²) in [6, 6.07) is 3.11. The molecule has 1 aromatic rings. The maximum atomic E-state index is 13.5. The van der Waals surface area contributed by atoms with Crippen LogP contribution in [0.1, 0.15) is 26.2 Å². The number of rotatable bonds is 4. The minimum absolute atomic E-state index is 0. The number of carbonyl (C=O) groups is 1. The Morgan fingerprint density at radius 2 is 2.05 bits per heavy atom. The minimum Gasteiger partial charge on any atom is -0.487 e. The summed E-state index contributed by atoms with van der Waals surface area (Å²) in [5.41, 5.74) is 5.61. The van der Waals surface area contributed by atoms with Gasteiger partial charge in [0.25, 0.3) is 0 Å². The smallest absolute Gasteiger partial charge is 0.224 e. The average Bonchev–Trinajstić information content (AvgIpc) is 2.42. The van der Waals surface area contributed by atoms with Crippen LogP contribution in [0.5, 0.6) is 5.75 Å². The van der Waals surface area contributed by atoms with Crippen molar-refractivity contribution in [2.24, 2.45) is 5.73 Å². The lowest BCUT2D eigenvalue weighted by molar-refractivity contribution is -0.133. The van der Waals surface area contributed by atoms with E-state index in [1.54, 1.807) is 11.8 Å². The molecule has 7 heteroatoms. The van der Waals surface area contributed by atoms with Crippen molar-refractivity contribution in [3.8, 4) is 5.75 Å². The van der Waals surface area contributed by atoms with Crippen molar-refractivity contribution in [3.63, 3.8) is 0 Å². The predicted molar refractivity (Wildman–Crippen MR) is 82.1 cm³/mol. The molecular weight excluding hydrogens is 314 g/mol. The van der Waals surface area contributed by atoms with Gasteiger partial charge in [-0.3, -0.25) is 4.79 Å². The molecule has 1 atom stereocenters. The summed E-state index contributed by atoms with van der Waals surface area (Å²) in [5.74, 6) is -1.24. The number of nitrogens with zero attached hydrogens (tertiary/aromatic N) is 1. The Morgan fingerprint density at radius 1 is 1.41 bits per heavy atom. The number of hydrogen-bond donors (Lipinski definition) is 1. The number of carbonyl (C=O) groups excluding carboxylic acids is 1. The summed E-state index contributed by atoms with van der Waals surface area (Å²) in [7, 11) is 0. The molecule has 1 aliphatic rings. The standard InChI is InChI=1S/C15H20F2N2O2.ClH/c1-10(18)8-15(20)19-6-4-12(5-7-19)21-14-3-2-11(16)9-13(14)17;/h2-3,9-10,12H,4-8,18H2,1H3;1H. The summed E-state index contributed by atoms with van der Waals surface area (Å²) < 4.78 is 31.9. The van der Waals surface area contributed by atoms with Crippen molar-refractivity contribution in [1.29, 1.82) is 0 Å². The first-order valence-electron chi connectivity index (χ1n) is 7.10. The fourth-order valence-electron chi connectivity index (χ4n) is 2.38. The van der Waals surface area contributed by atoms with Crippen LogP contribution < -0.4 is 10.5 Å². The van der Waals surface area contributed by atoms with Crippen LogP contribution in [0.4, 0.5) is 8.78 Å². The molecule has 1 aromatic carbocycles. The van der Waals surface area contributed by atoms with Gasteiger partial charge in [0, 0.05) is 44.5 Å². The zero-order valence-electron chi connectivity index (χ0n) is 12.4. The monoisotopic (exact) mass is 334 g/mol.